The van der Waals surface area contributed by atoms with Crippen LogP contribution in [0.2, 0.25) is 0 Å². The lowest BCUT2D eigenvalue weighted by molar-refractivity contribution is 0.416. The van der Waals surface area contributed by atoms with Crippen molar-refractivity contribution in [2.24, 2.45) is 0 Å². The van der Waals surface area contributed by atoms with Gasteiger partial charge in [0, 0.05) is 16.9 Å². The zero-order valence-electron chi connectivity index (χ0n) is 16.2. The molecule has 1 heterocycles. The lowest BCUT2D eigenvalue weighted by Crippen LogP contribution is -2.05. The third-order valence-electron chi connectivity index (χ3n) is 4.74. The van der Waals surface area contributed by atoms with Crippen molar-refractivity contribution in [2.75, 3.05) is 0 Å². The van der Waals surface area contributed by atoms with Gasteiger partial charge in [0.05, 0.1) is 0 Å². The molecule has 1 unspecified atom stereocenters. The minimum Gasteiger partial charge on any atom is -0.494 e. The van der Waals surface area contributed by atoms with E-state index in [1.54, 1.807) is 22.0 Å². The van der Waals surface area contributed by atoms with Crippen molar-refractivity contribution in [3.63, 3.8) is 0 Å². The molecule has 0 amide bonds. The predicted octanol–water partition coefficient (Wildman–Crippen LogP) is 6.98. The fourth-order valence-corrected chi connectivity index (χ4v) is 4.55. The van der Waals surface area contributed by atoms with Crippen molar-refractivity contribution in [1.82, 2.24) is 3.97 Å². The maximum absolute atomic E-state index is 10.6. The maximum atomic E-state index is 10.6. The molecule has 2 N–H and O–H groups in total. The Morgan fingerprint density at radius 2 is 1.58 bits per heavy atom. The molecule has 0 fully saturated rings. The Balaban J connectivity index is 1.98. The summed E-state index contributed by atoms with van der Waals surface area (Å²) in [5, 5.41) is 21.4. The van der Waals surface area contributed by atoms with Crippen molar-refractivity contribution in [3.8, 4) is 22.9 Å². The zero-order valence-corrected chi connectivity index (χ0v) is 17.0. The van der Waals surface area contributed by atoms with Crippen LogP contribution >= 0.6 is 11.9 Å². The van der Waals surface area contributed by atoms with E-state index < -0.39 is 0 Å². The van der Waals surface area contributed by atoms with Gasteiger partial charge < -0.3 is 10.2 Å². The van der Waals surface area contributed by atoms with Gasteiger partial charge in [0.15, 0.2) is 0 Å². The van der Waals surface area contributed by atoms with E-state index in [0.29, 0.717) is 10.8 Å². The molecule has 0 radical (unpaired) electrons. The molecule has 0 spiro atoms. The first-order valence-corrected chi connectivity index (χ1v) is 10.9. The van der Waals surface area contributed by atoms with Crippen LogP contribution < -0.4 is 0 Å². The number of unbranched alkanes of at least 4 members (excludes halogenated alkanes) is 5. The van der Waals surface area contributed by atoms with Gasteiger partial charge in [-0.2, -0.15) is 0 Å². The summed E-state index contributed by atoms with van der Waals surface area (Å²) in [6.45, 7) is 4.44. The molecular formula is C22H33NO2S. The van der Waals surface area contributed by atoms with Gasteiger partial charge in [-0.25, -0.2) is 3.97 Å². The minimum absolute atomic E-state index is 0.121. The number of hydrogen-bond acceptors (Lipinski definition) is 3. The van der Waals surface area contributed by atoms with E-state index in [1.807, 2.05) is 30.3 Å². The number of benzene rings is 1. The van der Waals surface area contributed by atoms with E-state index in [9.17, 15) is 10.2 Å². The normalized spacial score (nSPS) is 12.4. The second-order valence-corrected chi connectivity index (χ2v) is 8.22. The molecule has 0 saturated heterocycles. The Morgan fingerprint density at radius 1 is 0.885 bits per heavy atom. The van der Waals surface area contributed by atoms with Crippen LogP contribution in [0.15, 0.2) is 36.4 Å². The Labute approximate surface area is 162 Å². The van der Waals surface area contributed by atoms with Crippen molar-refractivity contribution in [1.29, 1.82) is 0 Å². The predicted molar refractivity (Wildman–Crippen MR) is 113 cm³/mol. The highest BCUT2D eigenvalue weighted by Gasteiger charge is 2.19. The largest absolute Gasteiger partial charge is 0.494 e. The number of aromatic nitrogens is 1. The SMILES string of the molecule is CCCCCCCCC(CCC)Sn1c(O)cc(-c2ccccc2)c1O. The molecule has 1 aromatic heterocycles. The molecule has 0 aliphatic carbocycles. The van der Waals surface area contributed by atoms with Crippen molar-refractivity contribution < 1.29 is 10.2 Å². The summed E-state index contributed by atoms with van der Waals surface area (Å²) in [5.41, 5.74) is 1.60. The highest BCUT2D eigenvalue weighted by molar-refractivity contribution is 7.98. The Bertz CT molecular complexity index is 639. The molecule has 0 aliphatic rings. The van der Waals surface area contributed by atoms with Gasteiger partial charge in [-0.05, 0) is 30.4 Å². The second kappa shape index (κ2) is 11.2. The van der Waals surface area contributed by atoms with Crippen LogP contribution in [-0.2, 0) is 0 Å². The molecule has 0 saturated carbocycles. The summed E-state index contributed by atoms with van der Waals surface area (Å²) in [5.74, 6) is 0.262. The average molecular weight is 376 g/mol. The zero-order chi connectivity index (χ0) is 18.8. The molecule has 1 atom stereocenters. The van der Waals surface area contributed by atoms with Crippen LogP contribution in [0.3, 0.4) is 0 Å². The molecule has 144 valence electrons. The van der Waals surface area contributed by atoms with Gasteiger partial charge in [-0.15, -0.1) is 0 Å². The number of aromatic hydroxyl groups is 2. The summed E-state index contributed by atoms with van der Waals surface area (Å²) in [4.78, 5) is 0. The molecule has 4 heteroatoms. The van der Waals surface area contributed by atoms with E-state index in [1.165, 1.54) is 38.5 Å². The smallest absolute Gasteiger partial charge is 0.212 e. The lowest BCUT2D eigenvalue weighted by Gasteiger charge is -2.17. The van der Waals surface area contributed by atoms with Gasteiger partial charge in [-0.1, -0.05) is 89.1 Å². The van der Waals surface area contributed by atoms with E-state index in [4.69, 9.17) is 0 Å². The van der Waals surface area contributed by atoms with Gasteiger partial charge in [-0.3, -0.25) is 0 Å². The molecule has 0 aliphatic heterocycles. The van der Waals surface area contributed by atoms with Crippen molar-refractivity contribution in [3.05, 3.63) is 36.4 Å². The number of nitrogens with zero attached hydrogens (tertiary/aromatic N) is 1. The molecule has 1 aromatic carbocycles. The summed E-state index contributed by atoms with van der Waals surface area (Å²) in [6.07, 6.45) is 11.1. The highest BCUT2D eigenvalue weighted by atomic mass is 32.2. The highest BCUT2D eigenvalue weighted by Crippen LogP contribution is 2.41. The average Bonchev–Trinajstić information content (AvgIpc) is 2.93. The fourth-order valence-electron chi connectivity index (χ4n) is 3.28. The standard InChI is InChI=1S/C22H33NO2S/c1-3-5-6-7-8-12-16-19(13-4-2)26-23-21(24)17-20(22(23)25)18-14-10-9-11-15-18/h9-11,14-15,17,19,24-25H,3-8,12-13,16H2,1-2H3. The fraction of sp³-hybridized carbons (Fsp3) is 0.545. The van der Waals surface area contributed by atoms with E-state index >= 15 is 0 Å². The summed E-state index contributed by atoms with van der Waals surface area (Å²) in [6, 6.07) is 11.4. The summed E-state index contributed by atoms with van der Waals surface area (Å²) in [7, 11) is 0. The first-order valence-electron chi connectivity index (χ1n) is 10.0. The van der Waals surface area contributed by atoms with E-state index in [2.05, 4.69) is 13.8 Å². The molecule has 3 nitrogen and oxygen atoms in total. The number of hydrogen-bond donors (Lipinski definition) is 2. The molecule has 2 rings (SSSR count). The lowest BCUT2D eigenvalue weighted by atomic mass is 10.1. The Kier molecular flexibility index (Phi) is 8.96. The third-order valence-corrected chi connectivity index (χ3v) is 6.08. The van der Waals surface area contributed by atoms with Crippen LogP contribution in [0, 0.1) is 0 Å². The van der Waals surface area contributed by atoms with E-state index in [-0.39, 0.29) is 11.8 Å². The van der Waals surface area contributed by atoms with Crippen LogP contribution in [0.4, 0.5) is 0 Å². The van der Waals surface area contributed by atoms with Gasteiger partial charge in [0.1, 0.15) is 0 Å². The first kappa shape index (κ1) is 20.8. The molecule has 26 heavy (non-hydrogen) atoms. The quantitative estimate of drug-likeness (QED) is 0.393. The Hall–Kier alpha value is -1.55. The topological polar surface area (TPSA) is 45.4 Å². The van der Waals surface area contributed by atoms with Gasteiger partial charge in [0.25, 0.3) is 0 Å². The monoisotopic (exact) mass is 375 g/mol. The van der Waals surface area contributed by atoms with Crippen molar-refractivity contribution >= 4 is 11.9 Å². The van der Waals surface area contributed by atoms with Crippen molar-refractivity contribution in [2.45, 2.75) is 76.9 Å². The van der Waals surface area contributed by atoms with Crippen LogP contribution in [0.25, 0.3) is 11.1 Å². The maximum Gasteiger partial charge on any atom is 0.212 e. The molecule has 2 aromatic rings. The van der Waals surface area contributed by atoms with E-state index in [0.717, 1.165) is 24.8 Å². The molecular weight excluding hydrogens is 342 g/mol. The minimum atomic E-state index is 0.121. The number of rotatable bonds is 12. The first-order chi connectivity index (χ1) is 12.7. The molecule has 0 bridgehead atoms. The van der Waals surface area contributed by atoms with Crippen LogP contribution in [0.1, 0.15) is 71.6 Å². The Morgan fingerprint density at radius 3 is 2.27 bits per heavy atom. The van der Waals surface area contributed by atoms with Crippen LogP contribution in [-0.4, -0.2) is 19.4 Å². The summed E-state index contributed by atoms with van der Waals surface area (Å²) < 4.78 is 1.60. The van der Waals surface area contributed by atoms with Gasteiger partial charge in [0.2, 0.25) is 11.8 Å². The third kappa shape index (κ3) is 6.01. The second-order valence-electron chi connectivity index (χ2n) is 6.97. The van der Waals surface area contributed by atoms with Crippen LogP contribution in [0.5, 0.6) is 11.8 Å². The summed E-state index contributed by atoms with van der Waals surface area (Å²) >= 11 is 1.57. The van der Waals surface area contributed by atoms with Gasteiger partial charge >= 0.3 is 0 Å².